The van der Waals surface area contributed by atoms with Crippen molar-refractivity contribution < 1.29 is 0 Å². The summed E-state index contributed by atoms with van der Waals surface area (Å²) in [6.45, 7) is 7.87. The lowest BCUT2D eigenvalue weighted by molar-refractivity contribution is 0.471. The number of rotatable bonds is 4. The minimum Gasteiger partial charge on any atom is -0.350 e. The topological polar surface area (TPSA) is 17.0 Å². The summed E-state index contributed by atoms with van der Waals surface area (Å²) in [4.78, 5) is 0. The quantitative estimate of drug-likeness (QED) is 0.872. The molecule has 98 valence electrons. The van der Waals surface area contributed by atoms with E-state index in [0.717, 1.165) is 13.0 Å². The second-order valence-electron chi connectivity index (χ2n) is 5.91. The highest BCUT2D eigenvalue weighted by atomic mass is 14.9. The molecule has 0 radical (unpaired) electrons. The highest BCUT2D eigenvalue weighted by Gasteiger charge is 2.24. The third-order valence-corrected chi connectivity index (χ3v) is 3.88. The van der Waals surface area contributed by atoms with Gasteiger partial charge in [-0.2, -0.15) is 0 Å². The third kappa shape index (κ3) is 2.30. The standard InChI is InChI=1S/C16H24N2/c1-12-6-7-13-14(11-18(5)15(13)10-12)16(2,3)8-9-17-4/h6-7,10-11,17H,8-9H2,1-5H3. The maximum absolute atomic E-state index is 3.25. The van der Waals surface area contributed by atoms with Gasteiger partial charge in [0.05, 0.1) is 0 Å². The molecule has 0 spiro atoms. The number of nitrogens with zero attached hydrogens (tertiary/aromatic N) is 1. The van der Waals surface area contributed by atoms with Crippen LogP contribution in [0.2, 0.25) is 0 Å². The van der Waals surface area contributed by atoms with Crippen molar-refractivity contribution in [2.45, 2.75) is 32.6 Å². The fourth-order valence-corrected chi connectivity index (χ4v) is 2.61. The monoisotopic (exact) mass is 244 g/mol. The van der Waals surface area contributed by atoms with E-state index in [2.05, 4.69) is 62.1 Å². The van der Waals surface area contributed by atoms with Gasteiger partial charge in [-0.3, -0.25) is 0 Å². The van der Waals surface area contributed by atoms with Crippen molar-refractivity contribution in [3.63, 3.8) is 0 Å². The molecule has 0 saturated carbocycles. The second-order valence-corrected chi connectivity index (χ2v) is 5.91. The van der Waals surface area contributed by atoms with Gasteiger partial charge in [-0.25, -0.2) is 0 Å². The molecule has 2 aromatic rings. The first-order chi connectivity index (χ1) is 8.45. The summed E-state index contributed by atoms with van der Waals surface area (Å²) in [7, 11) is 4.15. The van der Waals surface area contributed by atoms with E-state index in [1.54, 1.807) is 0 Å². The van der Waals surface area contributed by atoms with Gasteiger partial charge in [0, 0.05) is 24.1 Å². The van der Waals surface area contributed by atoms with Gasteiger partial charge in [0.15, 0.2) is 0 Å². The fraction of sp³-hybridized carbons (Fsp3) is 0.500. The maximum Gasteiger partial charge on any atom is 0.0483 e. The zero-order chi connectivity index (χ0) is 13.3. The predicted molar refractivity (Wildman–Crippen MR) is 79.2 cm³/mol. The van der Waals surface area contributed by atoms with Crippen LogP contribution < -0.4 is 5.32 Å². The van der Waals surface area contributed by atoms with Crippen LogP contribution in [-0.2, 0) is 12.5 Å². The zero-order valence-electron chi connectivity index (χ0n) is 12.2. The number of nitrogens with one attached hydrogen (secondary N) is 1. The van der Waals surface area contributed by atoms with Crippen LogP contribution in [0, 0.1) is 6.92 Å². The Kier molecular flexibility index (Phi) is 3.49. The Labute approximate surface area is 110 Å². The summed E-state index contributed by atoms with van der Waals surface area (Å²) in [5, 5.41) is 4.64. The minimum atomic E-state index is 0.206. The Hall–Kier alpha value is -1.28. The van der Waals surface area contributed by atoms with Crippen molar-refractivity contribution in [2.24, 2.45) is 7.05 Å². The molecule has 0 amide bonds. The van der Waals surface area contributed by atoms with E-state index in [0.29, 0.717) is 0 Å². The molecular formula is C16H24N2. The van der Waals surface area contributed by atoms with Crippen molar-refractivity contribution in [3.05, 3.63) is 35.5 Å². The normalized spacial score (nSPS) is 12.3. The van der Waals surface area contributed by atoms with Crippen LogP contribution in [0.15, 0.2) is 24.4 Å². The molecule has 2 rings (SSSR count). The van der Waals surface area contributed by atoms with Gasteiger partial charge >= 0.3 is 0 Å². The fourth-order valence-electron chi connectivity index (χ4n) is 2.61. The third-order valence-electron chi connectivity index (χ3n) is 3.88. The van der Waals surface area contributed by atoms with E-state index >= 15 is 0 Å². The van der Waals surface area contributed by atoms with Crippen LogP contribution in [-0.4, -0.2) is 18.2 Å². The maximum atomic E-state index is 3.25. The van der Waals surface area contributed by atoms with Gasteiger partial charge in [-0.1, -0.05) is 26.0 Å². The van der Waals surface area contributed by atoms with E-state index in [1.807, 2.05) is 7.05 Å². The second kappa shape index (κ2) is 4.77. The van der Waals surface area contributed by atoms with Crippen LogP contribution in [0.5, 0.6) is 0 Å². The van der Waals surface area contributed by atoms with Crippen LogP contribution in [0.3, 0.4) is 0 Å². The van der Waals surface area contributed by atoms with Crippen LogP contribution in [0.1, 0.15) is 31.4 Å². The highest BCUT2D eigenvalue weighted by Crippen LogP contribution is 2.34. The zero-order valence-corrected chi connectivity index (χ0v) is 12.2. The van der Waals surface area contributed by atoms with Crippen molar-refractivity contribution >= 4 is 10.9 Å². The van der Waals surface area contributed by atoms with E-state index in [4.69, 9.17) is 0 Å². The SMILES string of the molecule is CNCCC(C)(C)c1cn(C)c2cc(C)ccc12. The molecule has 1 N–H and O–H groups in total. The molecular weight excluding hydrogens is 220 g/mol. The van der Waals surface area contributed by atoms with Gasteiger partial charge in [-0.15, -0.1) is 0 Å². The minimum absolute atomic E-state index is 0.206. The average molecular weight is 244 g/mol. The summed E-state index contributed by atoms with van der Waals surface area (Å²) < 4.78 is 2.25. The predicted octanol–water partition coefficient (Wildman–Crippen LogP) is 3.37. The molecule has 0 aliphatic carbocycles. The van der Waals surface area contributed by atoms with Gasteiger partial charge in [0.25, 0.3) is 0 Å². The van der Waals surface area contributed by atoms with Crippen LogP contribution in [0.25, 0.3) is 10.9 Å². The molecule has 2 heteroatoms. The summed E-state index contributed by atoms with van der Waals surface area (Å²) in [6, 6.07) is 6.74. The Morgan fingerprint density at radius 1 is 1.28 bits per heavy atom. The van der Waals surface area contributed by atoms with E-state index in [-0.39, 0.29) is 5.41 Å². The Bertz CT molecular complexity index is 549. The largest absolute Gasteiger partial charge is 0.350 e. The molecule has 0 unspecified atom stereocenters. The number of fused-ring (bicyclic) bond motifs is 1. The number of benzene rings is 1. The lowest BCUT2D eigenvalue weighted by Gasteiger charge is -2.24. The molecule has 0 bridgehead atoms. The average Bonchev–Trinajstić information content (AvgIpc) is 2.65. The van der Waals surface area contributed by atoms with E-state index in [9.17, 15) is 0 Å². The first-order valence-electron chi connectivity index (χ1n) is 6.66. The number of hydrogen-bond donors (Lipinski definition) is 1. The molecule has 0 atom stereocenters. The molecule has 1 heterocycles. The number of hydrogen-bond acceptors (Lipinski definition) is 1. The van der Waals surface area contributed by atoms with Gasteiger partial charge < -0.3 is 9.88 Å². The van der Waals surface area contributed by atoms with Crippen molar-refractivity contribution in [3.8, 4) is 0 Å². The van der Waals surface area contributed by atoms with Crippen LogP contribution >= 0.6 is 0 Å². The molecule has 0 aliphatic rings. The molecule has 18 heavy (non-hydrogen) atoms. The lowest BCUT2D eigenvalue weighted by Crippen LogP contribution is -2.23. The first-order valence-corrected chi connectivity index (χ1v) is 6.66. The number of aromatic nitrogens is 1. The molecule has 0 saturated heterocycles. The van der Waals surface area contributed by atoms with E-state index in [1.165, 1.54) is 22.0 Å². The first kappa shape index (κ1) is 13.2. The van der Waals surface area contributed by atoms with Crippen LogP contribution in [0.4, 0.5) is 0 Å². The molecule has 1 aromatic heterocycles. The Morgan fingerprint density at radius 3 is 2.67 bits per heavy atom. The highest BCUT2D eigenvalue weighted by molar-refractivity contribution is 5.85. The molecule has 2 nitrogen and oxygen atoms in total. The van der Waals surface area contributed by atoms with Crippen molar-refractivity contribution in [1.29, 1.82) is 0 Å². The van der Waals surface area contributed by atoms with Crippen molar-refractivity contribution in [2.75, 3.05) is 13.6 Å². The smallest absolute Gasteiger partial charge is 0.0483 e. The molecule has 0 aliphatic heterocycles. The van der Waals surface area contributed by atoms with E-state index < -0.39 is 0 Å². The Balaban J connectivity index is 2.51. The molecule has 1 aromatic carbocycles. The Morgan fingerprint density at radius 2 is 2.00 bits per heavy atom. The summed E-state index contributed by atoms with van der Waals surface area (Å²) >= 11 is 0. The van der Waals surface area contributed by atoms with Gasteiger partial charge in [-0.05, 0) is 49.5 Å². The number of aryl methyl sites for hydroxylation is 2. The summed E-state index contributed by atoms with van der Waals surface area (Å²) in [6.07, 6.45) is 3.44. The molecule has 0 fully saturated rings. The van der Waals surface area contributed by atoms with Gasteiger partial charge in [0.1, 0.15) is 0 Å². The van der Waals surface area contributed by atoms with Gasteiger partial charge in [0.2, 0.25) is 0 Å². The summed E-state index contributed by atoms with van der Waals surface area (Å²) in [5.74, 6) is 0. The lowest BCUT2D eigenvalue weighted by atomic mass is 9.81. The summed E-state index contributed by atoms with van der Waals surface area (Å²) in [5.41, 5.74) is 4.32. The van der Waals surface area contributed by atoms with Crippen molar-refractivity contribution in [1.82, 2.24) is 9.88 Å².